The number of hydrogen-bond acceptors (Lipinski definition) is 6. The number of hydrogen-bond donors (Lipinski definition) is 1. The molecule has 34 heavy (non-hydrogen) atoms. The van der Waals surface area contributed by atoms with Crippen molar-refractivity contribution in [3.05, 3.63) is 88.0 Å². The number of benzene rings is 3. The first-order chi connectivity index (χ1) is 16.5. The van der Waals surface area contributed by atoms with Gasteiger partial charge in [0.05, 0.1) is 24.6 Å². The summed E-state index contributed by atoms with van der Waals surface area (Å²) in [5.74, 6) is -0.548. The summed E-state index contributed by atoms with van der Waals surface area (Å²) in [7, 11) is 0. The van der Waals surface area contributed by atoms with Gasteiger partial charge in [0.1, 0.15) is 23.3 Å². The average molecular weight is 452 g/mol. The van der Waals surface area contributed by atoms with E-state index in [0.29, 0.717) is 42.0 Å². The van der Waals surface area contributed by atoms with Crippen LogP contribution < -0.4 is 9.47 Å². The lowest BCUT2D eigenvalue weighted by Gasteiger charge is -2.24. The maximum atomic E-state index is 12.8. The molecule has 0 aliphatic carbocycles. The summed E-state index contributed by atoms with van der Waals surface area (Å²) >= 11 is 0. The number of ether oxygens (including phenoxy) is 2. The van der Waals surface area contributed by atoms with Crippen LogP contribution in [-0.4, -0.2) is 29.7 Å². The van der Waals surface area contributed by atoms with E-state index in [1.54, 1.807) is 30.3 Å². The van der Waals surface area contributed by atoms with E-state index in [0.717, 1.165) is 16.7 Å². The van der Waals surface area contributed by atoms with Gasteiger partial charge in [-0.15, -0.1) is 0 Å². The Balaban J connectivity index is 1.32. The summed E-state index contributed by atoms with van der Waals surface area (Å²) < 4.78 is 11.5. The lowest BCUT2D eigenvalue weighted by Crippen LogP contribution is -2.21. The van der Waals surface area contributed by atoms with Crippen LogP contribution in [0.2, 0.25) is 0 Å². The van der Waals surface area contributed by atoms with Gasteiger partial charge in [0, 0.05) is 29.8 Å². The molecule has 7 heteroatoms. The van der Waals surface area contributed by atoms with Gasteiger partial charge in [-0.2, -0.15) is 5.26 Å². The Morgan fingerprint density at radius 3 is 2.74 bits per heavy atom. The second-order valence-corrected chi connectivity index (χ2v) is 8.26. The van der Waals surface area contributed by atoms with Crippen molar-refractivity contribution in [3.8, 4) is 23.3 Å². The first kappa shape index (κ1) is 21.4. The monoisotopic (exact) mass is 452 g/mol. The maximum absolute atomic E-state index is 12.8. The average Bonchev–Trinajstić information content (AvgIpc) is 3.31. The molecule has 5 rings (SSSR count). The number of carbonyl (C=O) groups is 2. The van der Waals surface area contributed by atoms with Gasteiger partial charge in [-0.25, -0.2) is 0 Å². The van der Waals surface area contributed by atoms with Crippen molar-refractivity contribution in [1.82, 2.24) is 0 Å². The van der Waals surface area contributed by atoms with E-state index >= 15 is 0 Å². The summed E-state index contributed by atoms with van der Waals surface area (Å²) in [6.07, 6.45) is 2.48. The number of ketones is 1. The van der Waals surface area contributed by atoms with E-state index in [4.69, 9.17) is 9.47 Å². The Morgan fingerprint density at radius 1 is 1.15 bits per heavy atom. The fraction of sp³-hybridized carbons (Fsp3) is 0.185. The third-order valence-electron chi connectivity index (χ3n) is 6.04. The smallest absolute Gasteiger partial charge is 0.311 e. The fourth-order valence-corrected chi connectivity index (χ4v) is 4.24. The summed E-state index contributed by atoms with van der Waals surface area (Å²) in [4.78, 5) is 28.5. The van der Waals surface area contributed by atoms with Gasteiger partial charge >= 0.3 is 5.97 Å². The van der Waals surface area contributed by atoms with Crippen LogP contribution in [0.15, 0.2) is 59.6 Å². The Labute approximate surface area is 195 Å². The number of rotatable bonds is 6. The number of aliphatic imine (C=N–C) groups is 1. The number of carboxylic acid groups (broad SMARTS) is 1. The molecule has 0 bridgehead atoms. The van der Waals surface area contributed by atoms with Crippen molar-refractivity contribution in [1.29, 1.82) is 5.26 Å². The molecule has 0 aromatic heterocycles. The van der Waals surface area contributed by atoms with Gasteiger partial charge in [0.15, 0.2) is 5.78 Å². The third kappa shape index (κ3) is 4.14. The summed E-state index contributed by atoms with van der Waals surface area (Å²) in [5.41, 5.74) is 4.43. The number of carboxylic acids is 1. The molecular formula is C27H20N2O5. The molecule has 2 aliphatic heterocycles. The highest BCUT2D eigenvalue weighted by Crippen LogP contribution is 2.39. The standard InChI is InChI=1S/C27H20N2O5/c28-13-19-11-23-22(27(31)32)7-8-33-26(23)12-25(19)34-21-5-3-17(4-6-21)24(30)10-16-1-2-18-14-29-15-20(18)9-16/h1-6,9,11-12,14,22H,7-8,10,15H2,(H,31,32). The molecular weight excluding hydrogens is 432 g/mol. The van der Waals surface area contributed by atoms with E-state index in [-0.39, 0.29) is 23.7 Å². The molecule has 0 spiro atoms. The molecule has 0 saturated carbocycles. The molecule has 3 aromatic carbocycles. The van der Waals surface area contributed by atoms with Crippen molar-refractivity contribution in [3.63, 3.8) is 0 Å². The number of aliphatic carboxylic acids is 1. The zero-order chi connectivity index (χ0) is 23.7. The minimum Gasteiger partial charge on any atom is -0.493 e. The fourth-order valence-electron chi connectivity index (χ4n) is 4.24. The summed E-state index contributed by atoms with van der Waals surface area (Å²) in [5, 5.41) is 19.0. The van der Waals surface area contributed by atoms with Crippen molar-refractivity contribution in [2.45, 2.75) is 25.3 Å². The Morgan fingerprint density at radius 2 is 1.97 bits per heavy atom. The predicted octanol–water partition coefficient (Wildman–Crippen LogP) is 4.66. The van der Waals surface area contributed by atoms with Crippen LogP contribution in [0.3, 0.4) is 0 Å². The van der Waals surface area contributed by atoms with Crippen LogP contribution in [0.5, 0.6) is 17.2 Å². The van der Waals surface area contributed by atoms with E-state index < -0.39 is 11.9 Å². The Kier molecular flexibility index (Phi) is 5.56. The lowest BCUT2D eigenvalue weighted by atomic mass is 9.91. The van der Waals surface area contributed by atoms with Crippen LogP contribution in [0.25, 0.3) is 0 Å². The zero-order valence-electron chi connectivity index (χ0n) is 18.2. The molecule has 2 heterocycles. The Bertz CT molecular complexity index is 1370. The van der Waals surface area contributed by atoms with Crippen molar-refractivity contribution in [2.24, 2.45) is 4.99 Å². The molecule has 168 valence electrons. The zero-order valence-corrected chi connectivity index (χ0v) is 18.2. The molecule has 0 radical (unpaired) electrons. The number of nitriles is 1. The van der Waals surface area contributed by atoms with E-state index in [1.807, 2.05) is 24.4 Å². The molecule has 0 amide bonds. The topological polar surface area (TPSA) is 109 Å². The number of Topliss-reactive ketones (excluding diaryl/α,β-unsaturated/α-hetero) is 1. The highest BCUT2D eigenvalue weighted by atomic mass is 16.5. The van der Waals surface area contributed by atoms with E-state index in [1.165, 1.54) is 6.07 Å². The summed E-state index contributed by atoms with van der Waals surface area (Å²) in [6, 6.07) is 17.8. The lowest BCUT2D eigenvalue weighted by molar-refractivity contribution is -0.139. The maximum Gasteiger partial charge on any atom is 0.311 e. The van der Waals surface area contributed by atoms with Crippen LogP contribution in [0, 0.1) is 11.3 Å². The van der Waals surface area contributed by atoms with Crippen LogP contribution in [0.1, 0.15) is 50.5 Å². The van der Waals surface area contributed by atoms with Crippen LogP contribution in [-0.2, 0) is 17.8 Å². The molecule has 1 atom stereocenters. The van der Waals surface area contributed by atoms with Gasteiger partial charge in [0.2, 0.25) is 0 Å². The van der Waals surface area contributed by atoms with Gasteiger partial charge < -0.3 is 14.6 Å². The first-order valence-electron chi connectivity index (χ1n) is 10.9. The van der Waals surface area contributed by atoms with E-state index in [9.17, 15) is 20.0 Å². The Hall–Kier alpha value is -4.44. The van der Waals surface area contributed by atoms with E-state index in [2.05, 4.69) is 11.1 Å². The molecule has 1 N–H and O–H groups in total. The molecule has 0 saturated heterocycles. The second-order valence-electron chi connectivity index (χ2n) is 8.26. The number of nitrogens with zero attached hydrogens (tertiary/aromatic N) is 2. The largest absolute Gasteiger partial charge is 0.493 e. The second kappa shape index (κ2) is 8.83. The highest BCUT2D eigenvalue weighted by Gasteiger charge is 2.29. The van der Waals surface area contributed by atoms with Crippen LogP contribution >= 0.6 is 0 Å². The van der Waals surface area contributed by atoms with Gasteiger partial charge in [-0.3, -0.25) is 14.6 Å². The van der Waals surface area contributed by atoms with Gasteiger partial charge in [-0.1, -0.05) is 18.2 Å². The third-order valence-corrected chi connectivity index (χ3v) is 6.04. The molecule has 1 unspecified atom stereocenters. The first-order valence-corrected chi connectivity index (χ1v) is 10.9. The van der Waals surface area contributed by atoms with Gasteiger partial charge in [-0.05, 0) is 53.4 Å². The van der Waals surface area contributed by atoms with Crippen molar-refractivity contribution < 1.29 is 24.2 Å². The minimum atomic E-state index is -0.949. The van der Waals surface area contributed by atoms with Crippen molar-refractivity contribution in [2.75, 3.05) is 6.61 Å². The molecule has 2 aliphatic rings. The predicted molar refractivity (Wildman–Crippen MR) is 124 cm³/mol. The van der Waals surface area contributed by atoms with Crippen molar-refractivity contribution >= 4 is 18.0 Å². The van der Waals surface area contributed by atoms with Gasteiger partial charge in [0.25, 0.3) is 0 Å². The molecule has 0 fully saturated rings. The highest BCUT2D eigenvalue weighted by molar-refractivity contribution is 5.97. The number of fused-ring (bicyclic) bond motifs is 2. The molecule has 3 aromatic rings. The summed E-state index contributed by atoms with van der Waals surface area (Å²) in [6.45, 7) is 0.933. The molecule has 7 nitrogen and oxygen atoms in total. The quantitative estimate of drug-likeness (QED) is 0.545. The SMILES string of the molecule is N#Cc1cc2c(cc1Oc1ccc(C(=O)Cc3ccc4c(c3)CN=C4)cc1)OCCC2C(=O)O. The normalized spacial score (nSPS) is 15.6. The van der Waals surface area contributed by atoms with Crippen LogP contribution in [0.4, 0.5) is 0 Å². The minimum absolute atomic E-state index is 0.00924. The number of carbonyl (C=O) groups excluding carboxylic acids is 1.